The molecule has 0 aromatic heterocycles. The third-order valence-corrected chi connectivity index (χ3v) is 1.85. The number of esters is 1. The van der Waals surface area contributed by atoms with Crippen LogP contribution in [0.3, 0.4) is 0 Å². The maximum atomic E-state index is 11.1. The number of nitriles is 1. The zero-order valence-electron chi connectivity index (χ0n) is 8.78. The van der Waals surface area contributed by atoms with E-state index in [0.29, 0.717) is 6.61 Å². The Morgan fingerprint density at radius 1 is 1.73 bits per heavy atom. The minimum atomic E-state index is -0.717. The molecular weight excluding hydrogens is 198 g/mol. The molecule has 0 saturated carbocycles. The van der Waals surface area contributed by atoms with Crippen molar-refractivity contribution in [2.24, 2.45) is 0 Å². The van der Waals surface area contributed by atoms with E-state index in [1.165, 1.54) is 0 Å². The third-order valence-electron chi connectivity index (χ3n) is 1.85. The Bertz CT molecular complexity index is 316. The summed E-state index contributed by atoms with van der Waals surface area (Å²) in [6.45, 7) is 7.25. The van der Waals surface area contributed by atoms with Crippen LogP contribution in [0.25, 0.3) is 0 Å². The number of ether oxygens (including phenoxy) is 3. The van der Waals surface area contributed by atoms with Gasteiger partial charge in [-0.15, -0.1) is 0 Å². The van der Waals surface area contributed by atoms with Gasteiger partial charge < -0.3 is 14.2 Å². The van der Waals surface area contributed by atoms with Crippen LogP contribution in [0.4, 0.5) is 0 Å². The molecule has 1 saturated heterocycles. The van der Waals surface area contributed by atoms with Crippen LogP contribution in [0.5, 0.6) is 0 Å². The maximum Gasteiger partial charge on any atom is 0.348 e. The third kappa shape index (κ3) is 3.35. The molecule has 0 aromatic rings. The molecule has 5 heteroatoms. The van der Waals surface area contributed by atoms with Crippen molar-refractivity contribution >= 4 is 5.97 Å². The number of nitrogens with zero attached hydrogens (tertiary/aromatic N) is 1. The molecule has 1 heterocycles. The first-order valence-electron chi connectivity index (χ1n) is 4.52. The molecule has 0 amide bonds. The van der Waals surface area contributed by atoms with Crippen molar-refractivity contribution in [1.29, 1.82) is 5.26 Å². The summed E-state index contributed by atoms with van der Waals surface area (Å²) >= 11 is 0. The fourth-order valence-electron chi connectivity index (χ4n) is 1.15. The van der Waals surface area contributed by atoms with Crippen LogP contribution < -0.4 is 0 Å². The van der Waals surface area contributed by atoms with E-state index in [4.69, 9.17) is 19.5 Å². The monoisotopic (exact) mass is 211 g/mol. The molecule has 0 spiro atoms. The second kappa shape index (κ2) is 4.43. The van der Waals surface area contributed by atoms with Gasteiger partial charge >= 0.3 is 5.97 Å². The fraction of sp³-hybridized carbons (Fsp3) is 0.600. The van der Waals surface area contributed by atoms with Crippen LogP contribution in [0.15, 0.2) is 12.2 Å². The number of carbonyl (C=O) groups is 1. The summed E-state index contributed by atoms with van der Waals surface area (Å²) in [6, 6.07) is 1.62. The van der Waals surface area contributed by atoms with Gasteiger partial charge in [-0.1, -0.05) is 6.58 Å². The molecule has 1 aliphatic rings. The molecule has 0 radical (unpaired) electrons. The molecule has 15 heavy (non-hydrogen) atoms. The Morgan fingerprint density at radius 2 is 2.40 bits per heavy atom. The van der Waals surface area contributed by atoms with Gasteiger partial charge in [-0.05, 0) is 13.8 Å². The lowest BCUT2D eigenvalue weighted by Crippen LogP contribution is -2.25. The van der Waals surface area contributed by atoms with Crippen LogP contribution in [-0.4, -0.2) is 31.1 Å². The van der Waals surface area contributed by atoms with Crippen LogP contribution in [0.2, 0.25) is 0 Å². The predicted molar refractivity (Wildman–Crippen MR) is 50.6 cm³/mol. The molecule has 1 aliphatic heterocycles. The van der Waals surface area contributed by atoms with Crippen LogP contribution in [-0.2, 0) is 19.0 Å². The van der Waals surface area contributed by atoms with Gasteiger partial charge in [-0.2, -0.15) is 5.26 Å². The zero-order chi connectivity index (χ0) is 11.5. The van der Waals surface area contributed by atoms with Gasteiger partial charge in [0.25, 0.3) is 0 Å². The molecule has 0 aliphatic carbocycles. The van der Waals surface area contributed by atoms with Crippen molar-refractivity contribution in [1.82, 2.24) is 0 Å². The number of hydrogen-bond acceptors (Lipinski definition) is 5. The minimum Gasteiger partial charge on any atom is -0.459 e. The summed E-state index contributed by atoms with van der Waals surface area (Å²) in [5.74, 6) is -1.35. The minimum absolute atomic E-state index is 0.0724. The molecule has 0 N–H and O–H groups in total. The van der Waals surface area contributed by atoms with E-state index in [-0.39, 0.29) is 18.3 Å². The summed E-state index contributed by atoms with van der Waals surface area (Å²) < 4.78 is 15.5. The lowest BCUT2D eigenvalue weighted by atomic mass is 10.3. The average molecular weight is 211 g/mol. The van der Waals surface area contributed by atoms with E-state index >= 15 is 0 Å². The Labute approximate surface area is 88.2 Å². The van der Waals surface area contributed by atoms with Gasteiger partial charge in [-0.25, -0.2) is 4.79 Å². The summed E-state index contributed by atoms with van der Waals surface area (Å²) in [7, 11) is 0. The number of hydrogen-bond donors (Lipinski definition) is 0. The van der Waals surface area contributed by atoms with Gasteiger partial charge in [0, 0.05) is 0 Å². The van der Waals surface area contributed by atoms with Crippen molar-refractivity contribution in [3.8, 4) is 6.07 Å². The Morgan fingerprint density at radius 3 is 2.87 bits per heavy atom. The smallest absolute Gasteiger partial charge is 0.348 e. The van der Waals surface area contributed by atoms with Crippen molar-refractivity contribution in [3.05, 3.63) is 12.2 Å². The van der Waals surface area contributed by atoms with Crippen molar-refractivity contribution in [2.45, 2.75) is 25.7 Å². The summed E-state index contributed by atoms with van der Waals surface area (Å²) in [5.41, 5.74) is -0.215. The van der Waals surface area contributed by atoms with Gasteiger partial charge in [0.15, 0.2) is 5.79 Å². The van der Waals surface area contributed by atoms with Crippen LogP contribution >= 0.6 is 0 Å². The highest BCUT2D eigenvalue weighted by Crippen LogP contribution is 2.22. The summed E-state index contributed by atoms with van der Waals surface area (Å²) in [6.07, 6.45) is -0.282. The Balaban J connectivity index is 2.31. The van der Waals surface area contributed by atoms with Gasteiger partial charge in [0.05, 0.1) is 6.61 Å². The van der Waals surface area contributed by atoms with Crippen molar-refractivity contribution in [2.75, 3.05) is 13.2 Å². The largest absolute Gasteiger partial charge is 0.459 e. The zero-order valence-corrected chi connectivity index (χ0v) is 8.78. The van der Waals surface area contributed by atoms with E-state index in [9.17, 15) is 4.79 Å². The topological polar surface area (TPSA) is 68.6 Å². The fourth-order valence-corrected chi connectivity index (χ4v) is 1.15. The average Bonchev–Trinajstić information content (AvgIpc) is 2.53. The Kier molecular flexibility index (Phi) is 3.45. The van der Waals surface area contributed by atoms with Gasteiger partial charge in [0.1, 0.15) is 24.4 Å². The lowest BCUT2D eigenvalue weighted by Gasteiger charge is -2.16. The van der Waals surface area contributed by atoms with E-state index < -0.39 is 11.8 Å². The van der Waals surface area contributed by atoms with E-state index in [2.05, 4.69) is 6.58 Å². The standard InChI is InChI=1S/C10H13NO4/c1-7(4-11)9(12)13-5-8-6-14-10(2,3)15-8/h8H,1,5-6H2,2-3H3/t8-/m1/s1. The molecule has 1 atom stereocenters. The number of carbonyl (C=O) groups excluding carboxylic acids is 1. The van der Waals surface area contributed by atoms with E-state index in [1.807, 2.05) is 0 Å². The predicted octanol–water partition coefficient (Wildman–Crippen LogP) is 0.761. The summed E-state index contributed by atoms with van der Waals surface area (Å²) in [4.78, 5) is 11.1. The highest BCUT2D eigenvalue weighted by atomic mass is 16.7. The SMILES string of the molecule is C=C(C#N)C(=O)OC[C@@H]1COC(C)(C)O1. The van der Waals surface area contributed by atoms with E-state index in [0.717, 1.165) is 0 Å². The molecule has 5 nitrogen and oxygen atoms in total. The van der Waals surface area contributed by atoms with Crippen LogP contribution in [0.1, 0.15) is 13.8 Å². The highest BCUT2D eigenvalue weighted by molar-refractivity contribution is 5.91. The van der Waals surface area contributed by atoms with Crippen LogP contribution in [0, 0.1) is 11.3 Å². The molecule has 0 unspecified atom stereocenters. The first kappa shape index (κ1) is 11.7. The second-order valence-corrected chi connectivity index (χ2v) is 3.64. The molecule has 1 fully saturated rings. The van der Waals surface area contributed by atoms with Crippen molar-refractivity contribution < 1.29 is 19.0 Å². The lowest BCUT2D eigenvalue weighted by molar-refractivity contribution is -0.155. The number of rotatable bonds is 3. The van der Waals surface area contributed by atoms with Gasteiger partial charge in [0.2, 0.25) is 0 Å². The first-order valence-corrected chi connectivity index (χ1v) is 4.52. The molecular formula is C10H13NO4. The normalized spacial score (nSPS) is 23.1. The molecule has 82 valence electrons. The maximum absolute atomic E-state index is 11.1. The second-order valence-electron chi connectivity index (χ2n) is 3.64. The first-order chi connectivity index (χ1) is 6.94. The molecule has 1 rings (SSSR count). The highest BCUT2D eigenvalue weighted by Gasteiger charge is 2.33. The Hall–Kier alpha value is -1.38. The summed E-state index contributed by atoms with van der Waals surface area (Å²) in [5, 5.41) is 8.37. The molecule has 0 bridgehead atoms. The molecule has 0 aromatic carbocycles. The van der Waals surface area contributed by atoms with E-state index in [1.54, 1.807) is 19.9 Å². The van der Waals surface area contributed by atoms with Crippen molar-refractivity contribution in [3.63, 3.8) is 0 Å². The quantitative estimate of drug-likeness (QED) is 0.391. The van der Waals surface area contributed by atoms with Gasteiger partial charge in [-0.3, -0.25) is 0 Å².